The summed E-state index contributed by atoms with van der Waals surface area (Å²) in [6.45, 7) is 0. The second-order valence-corrected chi connectivity index (χ2v) is 3.83. The molecule has 1 unspecified atom stereocenters. The van der Waals surface area contributed by atoms with Gasteiger partial charge in [0.15, 0.2) is 0 Å². The fourth-order valence-corrected chi connectivity index (χ4v) is 1.85. The van der Waals surface area contributed by atoms with Crippen molar-refractivity contribution in [2.75, 3.05) is 0 Å². The summed E-state index contributed by atoms with van der Waals surface area (Å²) in [6.07, 6.45) is 4.88. The van der Waals surface area contributed by atoms with Gasteiger partial charge in [0.05, 0.1) is 0 Å². The molecule has 1 nitrogen and oxygen atoms in total. The van der Waals surface area contributed by atoms with Gasteiger partial charge in [0, 0.05) is 11.6 Å². The molecule has 1 aromatic carbocycles. The monoisotopic (exact) mass is 191 g/mol. The average molecular weight is 191 g/mol. The van der Waals surface area contributed by atoms with Crippen molar-refractivity contribution >= 4 is 6.08 Å². The third kappa shape index (κ3) is 2.02. The average Bonchev–Trinajstić information content (AvgIpc) is 2.56. The molecule has 0 saturated heterocycles. The number of rotatable bonds is 1. The molecule has 1 aromatic rings. The first-order valence-electron chi connectivity index (χ1n) is 4.95. The summed E-state index contributed by atoms with van der Waals surface area (Å²) in [7, 11) is 0. The zero-order chi connectivity index (χ0) is 9.97. The zero-order valence-electron chi connectivity index (χ0n) is 8.04. The van der Waals surface area contributed by atoms with Crippen molar-refractivity contribution in [2.24, 2.45) is 5.73 Å². The van der Waals surface area contributed by atoms with Gasteiger partial charge in [-0.1, -0.05) is 29.8 Å². The van der Waals surface area contributed by atoms with E-state index in [1.807, 2.05) is 12.1 Å². The number of halogens is 1. The molecular formula is C12H14FN. The van der Waals surface area contributed by atoms with Crippen LogP contribution in [0.5, 0.6) is 0 Å². The summed E-state index contributed by atoms with van der Waals surface area (Å²) >= 11 is 0. The molecule has 0 spiro atoms. The molecule has 14 heavy (non-hydrogen) atoms. The van der Waals surface area contributed by atoms with Crippen LogP contribution in [0.25, 0.3) is 6.08 Å². The van der Waals surface area contributed by atoms with E-state index < -0.39 is 0 Å². The number of benzene rings is 1. The summed E-state index contributed by atoms with van der Waals surface area (Å²) in [5.74, 6) is -0.152. The fourth-order valence-electron chi connectivity index (χ4n) is 1.85. The second kappa shape index (κ2) is 3.93. The Morgan fingerprint density at radius 2 is 2.14 bits per heavy atom. The van der Waals surface area contributed by atoms with Gasteiger partial charge in [0.25, 0.3) is 0 Å². The molecule has 0 aromatic heterocycles. The summed E-state index contributed by atoms with van der Waals surface area (Å²) in [5.41, 5.74) is 7.73. The maximum atomic E-state index is 13.3. The molecule has 1 aliphatic rings. The number of nitrogens with two attached hydrogens (primary N) is 1. The molecule has 2 rings (SSSR count). The van der Waals surface area contributed by atoms with Crippen molar-refractivity contribution in [2.45, 2.75) is 25.3 Å². The Morgan fingerprint density at radius 3 is 2.79 bits per heavy atom. The maximum absolute atomic E-state index is 13.3. The van der Waals surface area contributed by atoms with Crippen LogP contribution in [0.3, 0.4) is 0 Å². The topological polar surface area (TPSA) is 26.0 Å². The minimum atomic E-state index is -0.152. The largest absolute Gasteiger partial charge is 0.327 e. The van der Waals surface area contributed by atoms with E-state index in [4.69, 9.17) is 5.73 Å². The standard InChI is InChI=1S/C12H14FN/c13-12-4-2-1-3-10(12)7-9-5-6-11(14)8-9/h1-4,7,11H,5-6,8,14H2. The first kappa shape index (κ1) is 9.41. The molecular weight excluding hydrogens is 177 g/mol. The SMILES string of the molecule is NC1CCC(=Cc2ccccc2F)C1. The van der Waals surface area contributed by atoms with E-state index in [2.05, 4.69) is 0 Å². The van der Waals surface area contributed by atoms with Crippen molar-refractivity contribution in [3.63, 3.8) is 0 Å². The first-order valence-corrected chi connectivity index (χ1v) is 4.95. The highest BCUT2D eigenvalue weighted by Crippen LogP contribution is 2.25. The Bertz CT molecular complexity index is 357. The van der Waals surface area contributed by atoms with Crippen LogP contribution in [0.4, 0.5) is 4.39 Å². The normalized spacial score (nSPS) is 24.4. The minimum Gasteiger partial charge on any atom is -0.327 e. The Hall–Kier alpha value is -1.15. The van der Waals surface area contributed by atoms with Crippen LogP contribution in [0, 0.1) is 5.82 Å². The minimum absolute atomic E-state index is 0.152. The summed E-state index contributed by atoms with van der Waals surface area (Å²) < 4.78 is 13.3. The molecule has 0 radical (unpaired) electrons. The Kier molecular flexibility index (Phi) is 2.64. The predicted molar refractivity (Wildman–Crippen MR) is 56.2 cm³/mol. The molecule has 1 saturated carbocycles. The quantitative estimate of drug-likeness (QED) is 0.725. The lowest BCUT2D eigenvalue weighted by Gasteiger charge is -1.99. The summed E-state index contributed by atoms with van der Waals surface area (Å²) in [4.78, 5) is 0. The van der Waals surface area contributed by atoms with Crippen molar-refractivity contribution in [1.82, 2.24) is 0 Å². The third-order valence-electron chi connectivity index (χ3n) is 2.63. The Morgan fingerprint density at radius 1 is 1.36 bits per heavy atom. The molecule has 0 aliphatic heterocycles. The van der Waals surface area contributed by atoms with Crippen LogP contribution in [-0.2, 0) is 0 Å². The van der Waals surface area contributed by atoms with Crippen molar-refractivity contribution in [3.8, 4) is 0 Å². The van der Waals surface area contributed by atoms with Gasteiger partial charge < -0.3 is 5.73 Å². The second-order valence-electron chi connectivity index (χ2n) is 3.83. The fraction of sp³-hybridized carbons (Fsp3) is 0.333. The van der Waals surface area contributed by atoms with Gasteiger partial charge in [0.1, 0.15) is 5.82 Å². The number of hydrogen-bond donors (Lipinski definition) is 1. The zero-order valence-corrected chi connectivity index (χ0v) is 8.04. The highest BCUT2D eigenvalue weighted by atomic mass is 19.1. The highest BCUT2D eigenvalue weighted by molar-refractivity contribution is 5.54. The summed E-state index contributed by atoms with van der Waals surface area (Å²) in [6, 6.07) is 7.11. The molecule has 1 atom stereocenters. The molecule has 0 bridgehead atoms. The van der Waals surface area contributed by atoms with Crippen LogP contribution in [0.15, 0.2) is 29.8 Å². The lowest BCUT2D eigenvalue weighted by Crippen LogP contribution is -2.13. The van der Waals surface area contributed by atoms with Crippen molar-refractivity contribution in [3.05, 3.63) is 41.2 Å². The maximum Gasteiger partial charge on any atom is 0.130 e. The van der Waals surface area contributed by atoms with E-state index in [0.29, 0.717) is 5.56 Å². The van der Waals surface area contributed by atoms with Gasteiger partial charge in [-0.15, -0.1) is 0 Å². The van der Waals surface area contributed by atoms with Crippen molar-refractivity contribution in [1.29, 1.82) is 0 Å². The molecule has 1 fully saturated rings. The molecule has 2 heteroatoms. The molecule has 0 amide bonds. The first-order chi connectivity index (χ1) is 6.75. The smallest absolute Gasteiger partial charge is 0.130 e. The van der Waals surface area contributed by atoms with Crippen LogP contribution in [0.2, 0.25) is 0 Å². The van der Waals surface area contributed by atoms with E-state index >= 15 is 0 Å². The van der Waals surface area contributed by atoms with E-state index in [9.17, 15) is 4.39 Å². The molecule has 74 valence electrons. The van der Waals surface area contributed by atoms with Gasteiger partial charge >= 0.3 is 0 Å². The molecule has 0 heterocycles. The van der Waals surface area contributed by atoms with E-state index in [1.54, 1.807) is 12.1 Å². The predicted octanol–water partition coefficient (Wildman–Crippen LogP) is 2.72. The Balaban J connectivity index is 2.21. The van der Waals surface area contributed by atoms with E-state index in [0.717, 1.165) is 19.3 Å². The lowest BCUT2D eigenvalue weighted by atomic mass is 10.1. The molecule has 2 N–H and O–H groups in total. The van der Waals surface area contributed by atoms with Crippen molar-refractivity contribution < 1.29 is 4.39 Å². The Labute approximate surface area is 83.4 Å². The van der Waals surface area contributed by atoms with Crippen LogP contribution < -0.4 is 5.73 Å². The highest BCUT2D eigenvalue weighted by Gasteiger charge is 2.15. The van der Waals surface area contributed by atoms with Crippen LogP contribution in [-0.4, -0.2) is 6.04 Å². The van der Waals surface area contributed by atoms with Gasteiger partial charge in [-0.25, -0.2) is 4.39 Å². The van der Waals surface area contributed by atoms with E-state index in [-0.39, 0.29) is 11.9 Å². The van der Waals surface area contributed by atoms with Gasteiger partial charge in [0.2, 0.25) is 0 Å². The third-order valence-corrected chi connectivity index (χ3v) is 2.63. The summed E-state index contributed by atoms with van der Waals surface area (Å²) in [5, 5.41) is 0. The lowest BCUT2D eigenvalue weighted by molar-refractivity contribution is 0.625. The van der Waals surface area contributed by atoms with Crippen LogP contribution >= 0.6 is 0 Å². The van der Waals surface area contributed by atoms with Gasteiger partial charge in [-0.05, 0) is 25.3 Å². The number of hydrogen-bond acceptors (Lipinski definition) is 1. The van der Waals surface area contributed by atoms with Gasteiger partial charge in [-0.2, -0.15) is 0 Å². The molecule has 1 aliphatic carbocycles. The van der Waals surface area contributed by atoms with Gasteiger partial charge in [-0.3, -0.25) is 0 Å². The van der Waals surface area contributed by atoms with Crippen LogP contribution in [0.1, 0.15) is 24.8 Å². The van der Waals surface area contributed by atoms with E-state index in [1.165, 1.54) is 11.6 Å².